The van der Waals surface area contributed by atoms with Crippen LogP contribution in [0.25, 0.3) is 0 Å². The molecule has 0 spiro atoms. The largest absolute Gasteiger partial charge is 0.463 e. The Kier molecular flexibility index (Phi) is 28.2. The second kappa shape index (κ2) is 32.0. The maximum absolute atomic E-state index is 12.7. The van der Waals surface area contributed by atoms with Crippen LogP contribution in [-0.4, -0.2) is 135 Å². The van der Waals surface area contributed by atoms with Crippen LogP contribution >= 0.6 is 11.8 Å². The average Bonchev–Trinajstić information content (AvgIpc) is 3.21. The number of carbonyl (C=O) groups excluding carboxylic acids is 7. The van der Waals surface area contributed by atoms with Crippen LogP contribution in [-0.2, 0) is 85.7 Å². The van der Waals surface area contributed by atoms with Crippen molar-refractivity contribution >= 4 is 53.5 Å². The van der Waals surface area contributed by atoms with E-state index in [1.807, 2.05) is 0 Å². The minimum atomic E-state index is -1.78. The zero-order chi connectivity index (χ0) is 48.3. The standard InChI is InChI=1S/C46H74O18S/c1-10-11-12-13-14-15-16-17-18-19-20-21-22-23-24-65-28-29(2)25-56-45-43(60-35(8)52)42(59-34(7)51)40(38(62-45)27-55-31(4)48)64-46-44(61-36(9)53)41(58-33(6)50)39(57-32(5)49)37(63-46)26-54-30(3)47/h37-46H,2,10-28H2,1,3-9H3/t37-,38-,39+,40+,41+,42+,43-,44-,45-,46-/m1/s1. The molecule has 2 fully saturated rings. The second-order valence-corrected chi connectivity index (χ2v) is 17.5. The van der Waals surface area contributed by atoms with Crippen LogP contribution in [0.3, 0.4) is 0 Å². The first-order chi connectivity index (χ1) is 30.9. The molecule has 0 bridgehead atoms. The number of esters is 7. The summed E-state index contributed by atoms with van der Waals surface area (Å²) in [6, 6.07) is 0. The van der Waals surface area contributed by atoms with Gasteiger partial charge in [0.25, 0.3) is 0 Å². The van der Waals surface area contributed by atoms with Crippen LogP contribution in [0.4, 0.5) is 0 Å². The molecule has 2 aliphatic heterocycles. The summed E-state index contributed by atoms with van der Waals surface area (Å²) in [5.74, 6) is -4.23. The van der Waals surface area contributed by atoms with Crippen LogP contribution in [0.2, 0.25) is 0 Å². The molecule has 0 aromatic rings. The quantitative estimate of drug-likeness (QED) is 0.0318. The molecule has 0 unspecified atom stereocenters. The molecule has 0 amide bonds. The highest BCUT2D eigenvalue weighted by Gasteiger charge is 2.57. The minimum absolute atomic E-state index is 0.0491. The summed E-state index contributed by atoms with van der Waals surface area (Å²) in [6.45, 7) is 12.9. The van der Waals surface area contributed by atoms with Crippen molar-refractivity contribution in [3.8, 4) is 0 Å². The van der Waals surface area contributed by atoms with Crippen LogP contribution < -0.4 is 0 Å². The zero-order valence-corrected chi connectivity index (χ0v) is 40.5. The zero-order valence-electron chi connectivity index (χ0n) is 39.7. The molecule has 2 aliphatic rings. The second-order valence-electron chi connectivity index (χ2n) is 16.4. The lowest BCUT2D eigenvalue weighted by Crippen LogP contribution is -2.67. The first kappa shape index (κ1) is 57.3. The highest BCUT2D eigenvalue weighted by molar-refractivity contribution is 7.99. The van der Waals surface area contributed by atoms with Crippen molar-refractivity contribution in [3.05, 3.63) is 12.2 Å². The summed E-state index contributed by atoms with van der Waals surface area (Å²) in [6.07, 6.45) is 2.58. The van der Waals surface area contributed by atoms with Gasteiger partial charge in [0, 0.05) is 54.2 Å². The highest BCUT2D eigenvalue weighted by Crippen LogP contribution is 2.36. The van der Waals surface area contributed by atoms with E-state index in [0.717, 1.165) is 67.1 Å². The van der Waals surface area contributed by atoms with Gasteiger partial charge in [-0.25, -0.2) is 0 Å². The van der Waals surface area contributed by atoms with Crippen molar-refractivity contribution in [2.45, 2.75) is 207 Å². The van der Waals surface area contributed by atoms with Gasteiger partial charge >= 0.3 is 41.8 Å². The van der Waals surface area contributed by atoms with Gasteiger partial charge in [0.2, 0.25) is 0 Å². The lowest BCUT2D eigenvalue weighted by atomic mass is 9.96. The lowest BCUT2D eigenvalue weighted by Gasteiger charge is -2.48. The summed E-state index contributed by atoms with van der Waals surface area (Å²) in [4.78, 5) is 86.5. The van der Waals surface area contributed by atoms with Gasteiger partial charge in [0.05, 0.1) is 6.61 Å². The van der Waals surface area contributed by atoms with E-state index in [2.05, 4.69) is 13.5 Å². The summed E-state index contributed by atoms with van der Waals surface area (Å²) in [5.41, 5.74) is 0.696. The average molecular weight is 947 g/mol. The van der Waals surface area contributed by atoms with Gasteiger partial charge in [-0.2, -0.15) is 11.8 Å². The predicted octanol–water partition coefficient (Wildman–Crippen LogP) is 6.39. The SMILES string of the molecule is C=C(CO[C@@H]1O[C@H](COC(C)=O)[C@H](O[C@H]2O[C@H](COC(C)=O)[C@H](OC(C)=O)[C@H](OC(C)=O)[C@H]2OC(C)=O)[C@H](OC(C)=O)[C@H]1OC(C)=O)CSCCCCCCCCCCCCCCCC. The number of unbranched alkanes of at least 4 members (excludes halogenated alkanes) is 13. The van der Waals surface area contributed by atoms with Crippen LogP contribution in [0.15, 0.2) is 12.2 Å². The van der Waals surface area contributed by atoms with Gasteiger partial charge < -0.3 is 52.1 Å². The molecule has 0 radical (unpaired) electrons. The Hall–Kier alpha value is -3.78. The molecule has 2 heterocycles. The molecule has 2 saturated heterocycles. The van der Waals surface area contributed by atoms with Gasteiger partial charge in [0.15, 0.2) is 43.1 Å². The van der Waals surface area contributed by atoms with Crippen LogP contribution in [0, 0.1) is 0 Å². The van der Waals surface area contributed by atoms with E-state index in [-0.39, 0.29) is 6.61 Å². The molecule has 65 heavy (non-hydrogen) atoms. The normalized spacial score (nSPS) is 25.1. The van der Waals surface area contributed by atoms with E-state index in [1.165, 1.54) is 77.0 Å². The van der Waals surface area contributed by atoms with Crippen molar-refractivity contribution in [2.24, 2.45) is 0 Å². The van der Waals surface area contributed by atoms with Crippen LogP contribution in [0.1, 0.15) is 145 Å². The Balaban J connectivity index is 2.23. The molecule has 0 saturated carbocycles. The van der Waals surface area contributed by atoms with Crippen molar-refractivity contribution in [1.29, 1.82) is 0 Å². The Morgan fingerprint density at radius 2 is 0.831 bits per heavy atom. The first-order valence-corrected chi connectivity index (χ1v) is 24.0. The van der Waals surface area contributed by atoms with Crippen LogP contribution in [0.5, 0.6) is 0 Å². The third kappa shape index (κ3) is 23.5. The Morgan fingerprint density at radius 3 is 1.28 bits per heavy atom. The first-order valence-electron chi connectivity index (χ1n) is 22.9. The molecule has 2 rings (SSSR count). The molecule has 0 N–H and O–H groups in total. The fourth-order valence-corrected chi connectivity index (χ4v) is 8.39. The molecule has 0 aromatic heterocycles. The van der Waals surface area contributed by atoms with Gasteiger partial charge in [-0.05, 0) is 17.7 Å². The molecule has 10 atom stereocenters. The highest BCUT2D eigenvalue weighted by atomic mass is 32.2. The molecule has 0 aromatic carbocycles. The van der Waals surface area contributed by atoms with Gasteiger partial charge in [0.1, 0.15) is 31.5 Å². The van der Waals surface area contributed by atoms with Crippen molar-refractivity contribution in [2.75, 3.05) is 31.3 Å². The number of carbonyl (C=O) groups is 7. The number of thioether (sulfide) groups is 1. The molecule has 19 heteroatoms. The summed E-state index contributed by atoms with van der Waals surface area (Å²) in [7, 11) is 0. The van der Waals surface area contributed by atoms with Gasteiger partial charge in [-0.1, -0.05) is 97.0 Å². The summed E-state index contributed by atoms with van der Waals surface area (Å²) < 4.78 is 63.3. The maximum Gasteiger partial charge on any atom is 0.303 e. The Labute approximate surface area is 388 Å². The van der Waals surface area contributed by atoms with E-state index in [0.29, 0.717) is 11.3 Å². The summed E-state index contributed by atoms with van der Waals surface area (Å²) >= 11 is 1.71. The third-order valence-corrected chi connectivity index (χ3v) is 11.5. The third-order valence-electron chi connectivity index (χ3n) is 10.3. The smallest absolute Gasteiger partial charge is 0.303 e. The number of hydrogen-bond acceptors (Lipinski definition) is 19. The Bertz CT molecular complexity index is 1510. The molecular weight excluding hydrogens is 873 g/mol. The van der Waals surface area contributed by atoms with Crippen molar-refractivity contribution in [1.82, 2.24) is 0 Å². The minimum Gasteiger partial charge on any atom is -0.463 e. The topological polar surface area (TPSA) is 221 Å². The van der Waals surface area contributed by atoms with Gasteiger partial charge in [-0.15, -0.1) is 0 Å². The van der Waals surface area contributed by atoms with Crippen molar-refractivity contribution < 1.29 is 85.7 Å². The summed E-state index contributed by atoms with van der Waals surface area (Å²) in [5, 5.41) is 0. The number of hydrogen-bond donors (Lipinski definition) is 0. The van der Waals surface area contributed by atoms with Gasteiger partial charge in [-0.3, -0.25) is 33.6 Å². The monoisotopic (exact) mass is 946 g/mol. The van der Waals surface area contributed by atoms with E-state index < -0.39 is 116 Å². The van der Waals surface area contributed by atoms with E-state index >= 15 is 0 Å². The van der Waals surface area contributed by atoms with Crippen molar-refractivity contribution in [3.63, 3.8) is 0 Å². The molecule has 18 nitrogen and oxygen atoms in total. The predicted molar refractivity (Wildman–Crippen MR) is 236 cm³/mol. The lowest BCUT2D eigenvalue weighted by molar-refractivity contribution is -0.360. The fraction of sp³-hybridized carbons (Fsp3) is 0.804. The van der Waals surface area contributed by atoms with E-state index in [4.69, 9.17) is 52.1 Å². The number of rotatable bonds is 31. The Morgan fingerprint density at radius 1 is 0.462 bits per heavy atom. The number of ether oxygens (including phenoxy) is 11. The molecule has 0 aliphatic carbocycles. The maximum atomic E-state index is 12.7. The molecule has 372 valence electrons. The van der Waals surface area contributed by atoms with E-state index in [1.54, 1.807) is 11.8 Å². The fourth-order valence-electron chi connectivity index (χ4n) is 7.46. The molecular formula is C46H74O18S. The van der Waals surface area contributed by atoms with E-state index in [9.17, 15) is 33.6 Å².